The van der Waals surface area contributed by atoms with Crippen LogP contribution in [0.15, 0.2) is 24.3 Å². The van der Waals surface area contributed by atoms with E-state index in [0.717, 1.165) is 16.8 Å². The molecule has 1 rings (SSSR count). The van der Waals surface area contributed by atoms with Gasteiger partial charge < -0.3 is 4.74 Å². The number of benzene rings is 1. The first-order valence-corrected chi connectivity index (χ1v) is 6.01. The average molecular weight is 290 g/mol. The van der Waals surface area contributed by atoms with Gasteiger partial charge in [0.1, 0.15) is 5.75 Å². The van der Waals surface area contributed by atoms with Gasteiger partial charge in [0.15, 0.2) is 0 Å². The molecule has 0 aliphatic rings. The summed E-state index contributed by atoms with van der Waals surface area (Å²) >= 11 is 2.38. The maximum Gasteiger partial charge on any atom is 0.122 e. The van der Waals surface area contributed by atoms with E-state index in [1.807, 2.05) is 18.2 Å². The first-order chi connectivity index (χ1) is 6.24. The number of para-hydroxylation sites is 1. The predicted molar refractivity (Wildman–Crippen MR) is 64.7 cm³/mol. The van der Waals surface area contributed by atoms with Crippen LogP contribution in [-0.2, 0) is 0 Å². The van der Waals surface area contributed by atoms with E-state index >= 15 is 0 Å². The highest BCUT2D eigenvalue weighted by Gasteiger charge is 2.02. The maximum absolute atomic E-state index is 5.68. The Morgan fingerprint density at radius 1 is 1.38 bits per heavy atom. The zero-order valence-corrected chi connectivity index (χ0v) is 10.2. The lowest BCUT2D eigenvalue weighted by molar-refractivity contribution is 0.273. The van der Waals surface area contributed by atoms with E-state index < -0.39 is 0 Å². The Morgan fingerprint density at radius 2 is 2.08 bits per heavy atom. The van der Waals surface area contributed by atoms with Gasteiger partial charge in [-0.25, -0.2) is 0 Å². The molecule has 1 unspecified atom stereocenters. The summed E-state index contributed by atoms with van der Waals surface area (Å²) < 4.78 is 6.83. The van der Waals surface area contributed by atoms with Gasteiger partial charge in [-0.1, -0.05) is 47.7 Å². The second-order valence-corrected chi connectivity index (χ2v) is 4.22. The van der Waals surface area contributed by atoms with Crippen molar-refractivity contribution in [1.29, 1.82) is 0 Å². The molecule has 0 bridgehead atoms. The van der Waals surface area contributed by atoms with Crippen LogP contribution in [0.2, 0.25) is 0 Å². The first-order valence-electron chi connectivity index (χ1n) is 4.48. The molecule has 1 atom stereocenters. The molecule has 1 aromatic carbocycles. The number of rotatable bonds is 4. The van der Waals surface area contributed by atoms with Gasteiger partial charge in [0.05, 0.1) is 6.61 Å². The number of alkyl halides is 1. The van der Waals surface area contributed by atoms with Crippen molar-refractivity contribution in [2.75, 3.05) is 11.0 Å². The molecular weight excluding hydrogens is 275 g/mol. The van der Waals surface area contributed by atoms with E-state index in [-0.39, 0.29) is 0 Å². The van der Waals surface area contributed by atoms with Crippen molar-refractivity contribution >= 4 is 22.6 Å². The van der Waals surface area contributed by atoms with Crippen LogP contribution in [0.25, 0.3) is 0 Å². The second kappa shape index (κ2) is 5.47. The highest BCUT2D eigenvalue weighted by atomic mass is 127. The molecule has 0 radical (unpaired) electrons. The molecule has 13 heavy (non-hydrogen) atoms. The van der Waals surface area contributed by atoms with Crippen molar-refractivity contribution in [3.05, 3.63) is 29.8 Å². The molecule has 0 saturated heterocycles. The Bertz CT molecular complexity index is 260. The Morgan fingerprint density at radius 3 is 2.69 bits per heavy atom. The Hall–Kier alpha value is -0.250. The fourth-order valence-corrected chi connectivity index (χ4v) is 1.25. The van der Waals surface area contributed by atoms with Crippen LogP contribution in [0.5, 0.6) is 5.75 Å². The highest BCUT2D eigenvalue weighted by molar-refractivity contribution is 14.1. The van der Waals surface area contributed by atoms with Gasteiger partial charge in [0, 0.05) is 4.43 Å². The molecule has 72 valence electrons. The molecule has 0 spiro atoms. The SMILES string of the molecule is Cc1ccccc1OCC(C)CI. The van der Waals surface area contributed by atoms with Crippen LogP contribution in [0, 0.1) is 12.8 Å². The van der Waals surface area contributed by atoms with Crippen LogP contribution < -0.4 is 4.74 Å². The summed E-state index contributed by atoms with van der Waals surface area (Å²) in [6.45, 7) is 5.09. The van der Waals surface area contributed by atoms with Gasteiger partial charge in [-0.15, -0.1) is 0 Å². The summed E-state index contributed by atoms with van der Waals surface area (Å²) in [6.07, 6.45) is 0. The van der Waals surface area contributed by atoms with E-state index in [0.29, 0.717) is 5.92 Å². The molecule has 1 aromatic rings. The molecule has 0 aromatic heterocycles. The Balaban J connectivity index is 2.50. The first kappa shape index (κ1) is 10.8. The molecule has 0 saturated carbocycles. The summed E-state index contributed by atoms with van der Waals surface area (Å²) in [5, 5.41) is 0. The fourth-order valence-electron chi connectivity index (χ4n) is 0.995. The van der Waals surface area contributed by atoms with E-state index in [4.69, 9.17) is 4.74 Å². The van der Waals surface area contributed by atoms with Gasteiger partial charge in [-0.05, 0) is 24.5 Å². The third kappa shape index (κ3) is 3.55. The predicted octanol–water partition coefficient (Wildman–Crippen LogP) is 3.44. The minimum absolute atomic E-state index is 0.625. The number of hydrogen-bond acceptors (Lipinski definition) is 1. The largest absolute Gasteiger partial charge is 0.493 e. The molecule has 0 aliphatic heterocycles. The lowest BCUT2D eigenvalue weighted by Gasteiger charge is -2.11. The second-order valence-electron chi connectivity index (χ2n) is 3.34. The number of hydrogen-bond donors (Lipinski definition) is 0. The average Bonchev–Trinajstić information content (AvgIpc) is 2.16. The Kier molecular flexibility index (Phi) is 4.56. The van der Waals surface area contributed by atoms with Crippen molar-refractivity contribution in [3.8, 4) is 5.75 Å². The lowest BCUT2D eigenvalue weighted by atomic mass is 10.2. The number of halogens is 1. The third-order valence-electron chi connectivity index (χ3n) is 1.88. The van der Waals surface area contributed by atoms with Gasteiger partial charge in [0.2, 0.25) is 0 Å². The number of ether oxygens (including phenoxy) is 1. The summed E-state index contributed by atoms with van der Waals surface area (Å²) in [7, 11) is 0. The van der Waals surface area contributed by atoms with Crippen LogP contribution in [0.4, 0.5) is 0 Å². The maximum atomic E-state index is 5.68. The van der Waals surface area contributed by atoms with E-state index in [1.165, 1.54) is 5.56 Å². The van der Waals surface area contributed by atoms with E-state index in [1.54, 1.807) is 0 Å². The summed E-state index contributed by atoms with van der Waals surface area (Å²) in [6, 6.07) is 8.14. The topological polar surface area (TPSA) is 9.23 Å². The van der Waals surface area contributed by atoms with E-state index in [9.17, 15) is 0 Å². The zero-order valence-electron chi connectivity index (χ0n) is 8.09. The van der Waals surface area contributed by atoms with Crippen LogP contribution in [-0.4, -0.2) is 11.0 Å². The monoisotopic (exact) mass is 290 g/mol. The van der Waals surface area contributed by atoms with Gasteiger partial charge in [-0.2, -0.15) is 0 Å². The fraction of sp³-hybridized carbons (Fsp3) is 0.455. The van der Waals surface area contributed by atoms with Crippen molar-refractivity contribution in [2.45, 2.75) is 13.8 Å². The van der Waals surface area contributed by atoms with Crippen LogP contribution in [0.3, 0.4) is 0 Å². The van der Waals surface area contributed by atoms with Crippen LogP contribution >= 0.6 is 22.6 Å². The van der Waals surface area contributed by atoms with Crippen molar-refractivity contribution < 1.29 is 4.74 Å². The van der Waals surface area contributed by atoms with Crippen molar-refractivity contribution in [2.24, 2.45) is 5.92 Å². The summed E-state index contributed by atoms with van der Waals surface area (Å²) in [5.41, 5.74) is 1.21. The van der Waals surface area contributed by atoms with Crippen molar-refractivity contribution in [1.82, 2.24) is 0 Å². The van der Waals surface area contributed by atoms with Crippen LogP contribution in [0.1, 0.15) is 12.5 Å². The van der Waals surface area contributed by atoms with Gasteiger partial charge >= 0.3 is 0 Å². The summed E-state index contributed by atoms with van der Waals surface area (Å²) in [4.78, 5) is 0. The Labute approximate surface area is 93.6 Å². The van der Waals surface area contributed by atoms with Gasteiger partial charge in [0.25, 0.3) is 0 Å². The normalized spacial score (nSPS) is 12.5. The lowest BCUT2D eigenvalue weighted by Crippen LogP contribution is -2.09. The zero-order chi connectivity index (χ0) is 9.68. The molecule has 1 nitrogen and oxygen atoms in total. The number of aryl methyl sites for hydroxylation is 1. The molecule has 0 fully saturated rings. The summed E-state index contributed by atoms with van der Waals surface area (Å²) in [5.74, 6) is 1.64. The smallest absolute Gasteiger partial charge is 0.122 e. The molecule has 2 heteroatoms. The standard InChI is InChI=1S/C11H15IO/c1-9(7-12)8-13-11-6-4-3-5-10(11)2/h3-6,9H,7-8H2,1-2H3. The quantitative estimate of drug-likeness (QED) is 0.609. The minimum Gasteiger partial charge on any atom is -0.493 e. The molecule has 0 N–H and O–H groups in total. The molecular formula is C11H15IO. The molecule has 0 aliphatic carbocycles. The van der Waals surface area contributed by atoms with Crippen molar-refractivity contribution in [3.63, 3.8) is 0 Å². The van der Waals surface area contributed by atoms with E-state index in [2.05, 4.69) is 42.5 Å². The molecule has 0 amide bonds. The highest BCUT2D eigenvalue weighted by Crippen LogP contribution is 2.17. The molecule has 0 heterocycles. The van der Waals surface area contributed by atoms with Gasteiger partial charge in [-0.3, -0.25) is 0 Å². The minimum atomic E-state index is 0.625. The third-order valence-corrected chi connectivity index (χ3v) is 3.38.